The third-order valence-electron chi connectivity index (χ3n) is 7.65. The van der Waals surface area contributed by atoms with Gasteiger partial charge in [0.1, 0.15) is 21.9 Å². The van der Waals surface area contributed by atoms with E-state index >= 15 is 0 Å². The minimum atomic E-state index is -0.175. The van der Waals surface area contributed by atoms with Crippen LogP contribution in [-0.2, 0) is 4.74 Å². The van der Waals surface area contributed by atoms with Crippen molar-refractivity contribution in [2.45, 2.75) is 56.7 Å². The number of fused-ring (bicyclic) bond motifs is 1. The minimum Gasteiger partial charge on any atom is -0.379 e. The molecule has 3 aromatic rings. The average Bonchev–Trinajstić information content (AvgIpc) is 3.35. The molecule has 0 bridgehead atoms. The van der Waals surface area contributed by atoms with Crippen molar-refractivity contribution >= 4 is 39.0 Å². The lowest BCUT2D eigenvalue weighted by Gasteiger charge is -2.30. The normalized spacial score (nSPS) is 24.8. The summed E-state index contributed by atoms with van der Waals surface area (Å²) in [5, 5.41) is 11.4. The second-order valence-electron chi connectivity index (χ2n) is 10.3. The summed E-state index contributed by atoms with van der Waals surface area (Å²) in [6.45, 7) is 4.51. The van der Waals surface area contributed by atoms with Crippen molar-refractivity contribution in [3.05, 3.63) is 28.6 Å². The maximum atomic E-state index is 13.6. The van der Waals surface area contributed by atoms with Crippen molar-refractivity contribution in [1.29, 1.82) is 0 Å². The summed E-state index contributed by atoms with van der Waals surface area (Å²) in [5.74, 6) is 1.18. The second kappa shape index (κ2) is 10.9. The zero-order valence-electron chi connectivity index (χ0n) is 21.1. The van der Waals surface area contributed by atoms with Crippen molar-refractivity contribution in [1.82, 2.24) is 20.3 Å². The number of hydrogen-bond donors (Lipinski definition) is 5. The van der Waals surface area contributed by atoms with E-state index in [-0.39, 0.29) is 23.7 Å². The Balaban J connectivity index is 1.38. The van der Waals surface area contributed by atoms with Gasteiger partial charge in [-0.25, -0.2) is 4.98 Å². The SMILES string of the molecule is N[C@@H]1CCCC[C@@H]1Nc1cccc2sc(-c3c(NC4CCCNC4)nc(N4CCOCC4)[nH]c3=O)nc12. The van der Waals surface area contributed by atoms with E-state index < -0.39 is 0 Å². The summed E-state index contributed by atoms with van der Waals surface area (Å²) in [6, 6.07) is 6.74. The molecule has 0 spiro atoms. The average molecular weight is 525 g/mol. The van der Waals surface area contributed by atoms with Crippen molar-refractivity contribution in [2.24, 2.45) is 5.73 Å². The topological polar surface area (TPSA) is 133 Å². The zero-order valence-corrected chi connectivity index (χ0v) is 21.9. The maximum absolute atomic E-state index is 13.6. The van der Waals surface area contributed by atoms with Crippen LogP contribution >= 0.6 is 11.3 Å². The van der Waals surface area contributed by atoms with Gasteiger partial charge in [0.15, 0.2) is 0 Å². The number of rotatable bonds is 6. The summed E-state index contributed by atoms with van der Waals surface area (Å²) in [4.78, 5) is 28.6. The number of thiazole rings is 1. The third-order valence-corrected chi connectivity index (χ3v) is 8.69. The Morgan fingerprint density at radius 2 is 1.95 bits per heavy atom. The molecule has 198 valence electrons. The largest absolute Gasteiger partial charge is 0.379 e. The second-order valence-corrected chi connectivity index (χ2v) is 11.3. The lowest BCUT2D eigenvalue weighted by Crippen LogP contribution is -2.42. The molecule has 10 nitrogen and oxygen atoms in total. The Morgan fingerprint density at radius 1 is 1.08 bits per heavy atom. The summed E-state index contributed by atoms with van der Waals surface area (Å²) in [6.07, 6.45) is 6.59. The highest BCUT2D eigenvalue weighted by atomic mass is 32.1. The van der Waals surface area contributed by atoms with E-state index in [9.17, 15) is 4.79 Å². The van der Waals surface area contributed by atoms with Crippen molar-refractivity contribution < 1.29 is 4.74 Å². The van der Waals surface area contributed by atoms with Crippen molar-refractivity contribution in [3.63, 3.8) is 0 Å². The first-order chi connectivity index (χ1) is 18.2. The highest BCUT2D eigenvalue weighted by Crippen LogP contribution is 2.36. The lowest BCUT2D eigenvalue weighted by molar-refractivity contribution is 0.122. The molecule has 2 aromatic heterocycles. The number of aromatic nitrogens is 3. The van der Waals surface area contributed by atoms with Crippen LogP contribution in [0.2, 0.25) is 0 Å². The molecule has 0 radical (unpaired) electrons. The van der Waals surface area contributed by atoms with Gasteiger partial charge in [-0.3, -0.25) is 9.78 Å². The van der Waals surface area contributed by atoms with Gasteiger partial charge in [0.2, 0.25) is 5.95 Å². The highest BCUT2D eigenvalue weighted by Gasteiger charge is 2.26. The first-order valence-corrected chi connectivity index (χ1v) is 14.3. The molecule has 2 saturated heterocycles. The van der Waals surface area contributed by atoms with Crippen LogP contribution in [0.15, 0.2) is 23.0 Å². The molecular weight excluding hydrogens is 488 g/mol. The van der Waals surface area contributed by atoms with Gasteiger partial charge in [0, 0.05) is 37.8 Å². The number of nitrogens with zero attached hydrogens (tertiary/aromatic N) is 3. The molecule has 4 heterocycles. The molecule has 0 amide bonds. The van der Waals surface area contributed by atoms with Crippen LogP contribution in [0.4, 0.5) is 17.5 Å². The summed E-state index contributed by atoms with van der Waals surface area (Å²) in [7, 11) is 0. The van der Waals surface area contributed by atoms with Crippen LogP contribution in [0.3, 0.4) is 0 Å². The molecule has 37 heavy (non-hydrogen) atoms. The number of piperidine rings is 1. The van der Waals surface area contributed by atoms with Gasteiger partial charge < -0.3 is 31.3 Å². The number of anilines is 3. The van der Waals surface area contributed by atoms with Crippen molar-refractivity contribution in [3.8, 4) is 10.6 Å². The Hall–Kier alpha value is -2.73. The fourth-order valence-corrected chi connectivity index (χ4v) is 6.60. The molecule has 11 heteroatoms. The standard InChI is InChI=1S/C26H36N8O2S/c27-17-6-1-2-7-18(17)30-19-8-3-9-20-22(19)31-25(37-20)21-23(29-16-5-4-10-28-15-16)32-26(33-24(21)35)34-11-13-36-14-12-34/h3,8-9,16-18,28,30H,1-2,4-7,10-15,27H2,(H2,29,32,33,35)/t16?,17-,18+/m1/s1. The van der Waals surface area contributed by atoms with E-state index in [1.807, 2.05) is 6.07 Å². The predicted molar refractivity (Wildman–Crippen MR) is 150 cm³/mol. The highest BCUT2D eigenvalue weighted by molar-refractivity contribution is 7.21. The molecule has 3 atom stereocenters. The number of aromatic amines is 1. The molecule has 6 rings (SSSR count). The van der Waals surface area contributed by atoms with Gasteiger partial charge >= 0.3 is 0 Å². The number of nitrogens with two attached hydrogens (primary N) is 1. The van der Waals surface area contributed by atoms with E-state index in [1.54, 1.807) is 0 Å². The number of nitrogens with one attached hydrogen (secondary N) is 4. The van der Waals surface area contributed by atoms with Gasteiger partial charge in [-0.15, -0.1) is 11.3 Å². The van der Waals surface area contributed by atoms with Gasteiger partial charge in [-0.1, -0.05) is 18.9 Å². The monoisotopic (exact) mass is 524 g/mol. The Morgan fingerprint density at radius 3 is 2.76 bits per heavy atom. The first kappa shape index (κ1) is 24.6. The Kier molecular flexibility index (Phi) is 7.27. The fraction of sp³-hybridized carbons (Fsp3) is 0.577. The third kappa shape index (κ3) is 5.31. The molecule has 1 unspecified atom stereocenters. The molecule has 1 saturated carbocycles. The van der Waals surface area contributed by atoms with Crippen LogP contribution in [0.1, 0.15) is 38.5 Å². The van der Waals surface area contributed by atoms with E-state index in [2.05, 4.69) is 38.0 Å². The molecule has 2 aliphatic heterocycles. The van der Waals surface area contributed by atoms with Crippen LogP contribution in [0.25, 0.3) is 20.8 Å². The minimum absolute atomic E-state index is 0.141. The molecule has 6 N–H and O–H groups in total. The van der Waals surface area contributed by atoms with Gasteiger partial charge in [0.25, 0.3) is 5.56 Å². The zero-order chi connectivity index (χ0) is 25.2. The number of hydrogen-bond acceptors (Lipinski definition) is 10. The number of morpholine rings is 1. The van der Waals surface area contributed by atoms with E-state index in [0.29, 0.717) is 48.6 Å². The Bertz CT molecular complexity index is 1280. The molecule has 1 aromatic carbocycles. The van der Waals surface area contributed by atoms with Gasteiger partial charge in [0.05, 0.1) is 23.6 Å². The summed E-state index contributed by atoms with van der Waals surface area (Å²) in [5.41, 5.74) is 8.59. The smallest absolute Gasteiger partial charge is 0.264 e. The quantitative estimate of drug-likeness (QED) is 0.330. The number of H-pyrrole nitrogens is 1. The van der Waals surface area contributed by atoms with Crippen LogP contribution in [-0.4, -0.2) is 72.5 Å². The number of benzene rings is 1. The van der Waals surface area contributed by atoms with E-state index in [1.165, 1.54) is 24.2 Å². The maximum Gasteiger partial charge on any atom is 0.264 e. The molecule has 3 fully saturated rings. The van der Waals surface area contributed by atoms with E-state index in [4.69, 9.17) is 20.4 Å². The first-order valence-electron chi connectivity index (χ1n) is 13.5. The summed E-state index contributed by atoms with van der Waals surface area (Å²) >= 11 is 1.53. The fourth-order valence-electron chi connectivity index (χ4n) is 5.57. The molecule has 1 aliphatic carbocycles. The molecule has 3 aliphatic rings. The number of para-hydroxylation sites is 1. The van der Waals surface area contributed by atoms with Gasteiger partial charge in [-0.05, 0) is 44.4 Å². The van der Waals surface area contributed by atoms with Crippen LogP contribution < -0.4 is 32.1 Å². The van der Waals surface area contributed by atoms with Crippen molar-refractivity contribution in [2.75, 3.05) is 54.9 Å². The van der Waals surface area contributed by atoms with E-state index in [0.717, 1.165) is 54.7 Å². The summed E-state index contributed by atoms with van der Waals surface area (Å²) < 4.78 is 6.53. The lowest BCUT2D eigenvalue weighted by atomic mass is 9.91. The van der Waals surface area contributed by atoms with Crippen LogP contribution in [0, 0.1) is 0 Å². The Labute approximate surface area is 220 Å². The predicted octanol–water partition coefficient (Wildman–Crippen LogP) is 2.73. The van der Waals surface area contributed by atoms with Gasteiger partial charge in [-0.2, -0.15) is 4.98 Å². The van der Waals surface area contributed by atoms with Crippen LogP contribution in [0.5, 0.6) is 0 Å². The number of ether oxygens (including phenoxy) is 1. The molecular formula is C26H36N8O2S.